The van der Waals surface area contributed by atoms with Crippen LogP contribution in [0.5, 0.6) is 0 Å². The van der Waals surface area contributed by atoms with Crippen molar-refractivity contribution >= 4 is 11.9 Å². The van der Waals surface area contributed by atoms with Crippen LogP contribution in [0.3, 0.4) is 0 Å². The third-order valence-electron chi connectivity index (χ3n) is 2.87. The summed E-state index contributed by atoms with van der Waals surface area (Å²) in [6.45, 7) is 0. The number of allylic oxidation sites excluding steroid dienone is 2. The zero-order valence-corrected chi connectivity index (χ0v) is 8.94. The van der Waals surface area contributed by atoms with Crippen molar-refractivity contribution in [1.29, 1.82) is 5.26 Å². The van der Waals surface area contributed by atoms with Gasteiger partial charge in [-0.05, 0) is 48.5 Å². The first-order valence-electron chi connectivity index (χ1n) is 5.38. The van der Waals surface area contributed by atoms with E-state index >= 15 is 0 Å². The van der Waals surface area contributed by atoms with E-state index < -0.39 is 0 Å². The molecule has 0 saturated heterocycles. The lowest BCUT2D eigenvalue weighted by Crippen LogP contribution is -2.01. The molecule has 1 aromatic heterocycles. The lowest BCUT2D eigenvalue weighted by Gasteiger charge is -2.16. The van der Waals surface area contributed by atoms with Crippen LogP contribution in [0.4, 0.5) is 0 Å². The summed E-state index contributed by atoms with van der Waals surface area (Å²) in [6.07, 6.45) is 8.12. The van der Waals surface area contributed by atoms with Crippen LogP contribution in [0.15, 0.2) is 24.0 Å². The standard InChI is InChI=1S/C13H12N2O/c14-6-10-5-12(8-15-7-10)13-4-2-1-3-11(13)9-16/h5,7-9H,1-4H2. The van der Waals surface area contributed by atoms with Gasteiger partial charge >= 0.3 is 0 Å². The third kappa shape index (κ3) is 2.01. The van der Waals surface area contributed by atoms with Crippen molar-refractivity contribution in [3.05, 3.63) is 35.2 Å². The Kier molecular flexibility index (Phi) is 3.11. The highest BCUT2D eigenvalue weighted by Crippen LogP contribution is 2.31. The molecule has 1 heterocycles. The molecule has 0 bridgehead atoms. The summed E-state index contributed by atoms with van der Waals surface area (Å²) < 4.78 is 0. The van der Waals surface area contributed by atoms with Crippen LogP contribution >= 0.6 is 0 Å². The Labute approximate surface area is 94.4 Å². The fourth-order valence-electron chi connectivity index (χ4n) is 2.05. The summed E-state index contributed by atoms with van der Waals surface area (Å²) in [5.74, 6) is 0. The van der Waals surface area contributed by atoms with Crippen molar-refractivity contribution in [2.45, 2.75) is 25.7 Å². The molecule has 0 fully saturated rings. The second-order valence-electron chi connectivity index (χ2n) is 3.90. The van der Waals surface area contributed by atoms with Gasteiger partial charge < -0.3 is 0 Å². The summed E-state index contributed by atoms with van der Waals surface area (Å²) in [7, 11) is 0. The minimum atomic E-state index is 0.542. The van der Waals surface area contributed by atoms with Crippen molar-refractivity contribution < 1.29 is 4.79 Å². The molecule has 1 aromatic rings. The van der Waals surface area contributed by atoms with E-state index in [1.54, 1.807) is 12.3 Å². The highest BCUT2D eigenvalue weighted by Gasteiger charge is 2.14. The normalized spacial score (nSPS) is 15.7. The Morgan fingerprint density at radius 2 is 2.12 bits per heavy atom. The van der Waals surface area contributed by atoms with Gasteiger partial charge in [0, 0.05) is 12.4 Å². The SMILES string of the molecule is N#Cc1cncc(C2=C(C=O)CCCC2)c1. The summed E-state index contributed by atoms with van der Waals surface area (Å²) in [5, 5.41) is 8.81. The van der Waals surface area contributed by atoms with Gasteiger partial charge in [-0.1, -0.05) is 0 Å². The van der Waals surface area contributed by atoms with Crippen LogP contribution in [0.25, 0.3) is 5.57 Å². The number of pyridine rings is 1. The molecule has 3 heteroatoms. The lowest BCUT2D eigenvalue weighted by atomic mass is 9.88. The van der Waals surface area contributed by atoms with Gasteiger partial charge in [0.25, 0.3) is 0 Å². The number of rotatable bonds is 2. The molecular weight excluding hydrogens is 200 g/mol. The highest BCUT2D eigenvalue weighted by molar-refractivity contribution is 5.88. The van der Waals surface area contributed by atoms with Crippen molar-refractivity contribution in [2.24, 2.45) is 0 Å². The fraction of sp³-hybridized carbons (Fsp3) is 0.308. The van der Waals surface area contributed by atoms with Gasteiger partial charge in [-0.2, -0.15) is 5.26 Å². The summed E-state index contributed by atoms with van der Waals surface area (Å²) in [5.41, 5.74) is 3.38. The lowest BCUT2D eigenvalue weighted by molar-refractivity contribution is -0.105. The van der Waals surface area contributed by atoms with E-state index in [9.17, 15) is 4.79 Å². The third-order valence-corrected chi connectivity index (χ3v) is 2.87. The molecule has 16 heavy (non-hydrogen) atoms. The molecule has 0 aromatic carbocycles. The minimum absolute atomic E-state index is 0.542. The van der Waals surface area contributed by atoms with Crippen LogP contribution in [-0.4, -0.2) is 11.3 Å². The van der Waals surface area contributed by atoms with Crippen molar-refractivity contribution in [3.8, 4) is 6.07 Å². The van der Waals surface area contributed by atoms with E-state index in [0.717, 1.165) is 48.7 Å². The Hall–Kier alpha value is -1.95. The van der Waals surface area contributed by atoms with E-state index in [1.807, 2.05) is 0 Å². The molecule has 0 unspecified atom stereocenters. The van der Waals surface area contributed by atoms with E-state index in [-0.39, 0.29) is 0 Å². The number of nitrogens with zero attached hydrogens (tertiary/aromatic N) is 2. The molecule has 0 spiro atoms. The van der Waals surface area contributed by atoms with E-state index in [0.29, 0.717) is 5.56 Å². The van der Waals surface area contributed by atoms with Gasteiger partial charge in [0.05, 0.1) is 5.56 Å². The highest BCUT2D eigenvalue weighted by atomic mass is 16.1. The largest absolute Gasteiger partial charge is 0.298 e. The Balaban J connectivity index is 2.46. The Morgan fingerprint density at radius 1 is 1.31 bits per heavy atom. The summed E-state index contributed by atoms with van der Waals surface area (Å²) >= 11 is 0. The maximum atomic E-state index is 11.0. The van der Waals surface area contributed by atoms with E-state index in [1.165, 1.54) is 6.20 Å². The zero-order chi connectivity index (χ0) is 11.4. The van der Waals surface area contributed by atoms with Gasteiger partial charge in [-0.3, -0.25) is 9.78 Å². The second-order valence-corrected chi connectivity index (χ2v) is 3.90. The molecule has 0 atom stereocenters. The molecule has 1 aliphatic carbocycles. The molecule has 1 aliphatic rings. The fourth-order valence-corrected chi connectivity index (χ4v) is 2.05. The first-order valence-corrected chi connectivity index (χ1v) is 5.38. The number of aromatic nitrogens is 1. The number of carbonyl (C=O) groups is 1. The topological polar surface area (TPSA) is 53.8 Å². The predicted molar refractivity (Wildman–Crippen MR) is 60.4 cm³/mol. The number of carbonyl (C=O) groups excluding carboxylic acids is 1. The molecule has 0 radical (unpaired) electrons. The monoisotopic (exact) mass is 212 g/mol. The smallest absolute Gasteiger partial charge is 0.146 e. The summed E-state index contributed by atoms with van der Waals surface area (Å²) in [6, 6.07) is 3.87. The molecule has 0 saturated carbocycles. The van der Waals surface area contributed by atoms with Crippen LogP contribution in [-0.2, 0) is 4.79 Å². The first-order chi connectivity index (χ1) is 7.85. The maximum absolute atomic E-state index is 11.0. The summed E-state index contributed by atoms with van der Waals surface area (Å²) in [4.78, 5) is 15.0. The first kappa shape index (κ1) is 10.6. The molecule has 2 rings (SSSR count). The average molecular weight is 212 g/mol. The van der Waals surface area contributed by atoms with E-state index in [2.05, 4.69) is 11.1 Å². The van der Waals surface area contributed by atoms with Gasteiger partial charge in [0.1, 0.15) is 12.4 Å². The Bertz CT molecular complexity index is 483. The van der Waals surface area contributed by atoms with Gasteiger partial charge in [0.2, 0.25) is 0 Å². The molecular formula is C13H12N2O. The predicted octanol–water partition coefficient (Wildman–Crippen LogP) is 2.48. The quantitative estimate of drug-likeness (QED) is 0.707. The average Bonchev–Trinajstić information content (AvgIpc) is 2.38. The molecule has 80 valence electrons. The van der Waals surface area contributed by atoms with Crippen molar-refractivity contribution in [2.75, 3.05) is 0 Å². The Morgan fingerprint density at radius 3 is 2.88 bits per heavy atom. The molecule has 3 nitrogen and oxygen atoms in total. The minimum Gasteiger partial charge on any atom is -0.298 e. The number of aldehydes is 1. The van der Waals surface area contributed by atoms with Crippen LogP contribution in [0, 0.1) is 11.3 Å². The van der Waals surface area contributed by atoms with Crippen LogP contribution in [0.2, 0.25) is 0 Å². The molecule has 0 N–H and O–H groups in total. The van der Waals surface area contributed by atoms with Gasteiger partial charge in [0.15, 0.2) is 0 Å². The number of hydrogen-bond acceptors (Lipinski definition) is 3. The number of nitriles is 1. The molecule has 0 amide bonds. The van der Waals surface area contributed by atoms with E-state index in [4.69, 9.17) is 5.26 Å². The maximum Gasteiger partial charge on any atom is 0.146 e. The second kappa shape index (κ2) is 4.71. The van der Waals surface area contributed by atoms with Crippen molar-refractivity contribution in [1.82, 2.24) is 4.98 Å². The van der Waals surface area contributed by atoms with Crippen molar-refractivity contribution in [3.63, 3.8) is 0 Å². The van der Waals surface area contributed by atoms with Gasteiger partial charge in [-0.15, -0.1) is 0 Å². The van der Waals surface area contributed by atoms with Crippen LogP contribution < -0.4 is 0 Å². The van der Waals surface area contributed by atoms with Crippen LogP contribution in [0.1, 0.15) is 36.8 Å². The zero-order valence-electron chi connectivity index (χ0n) is 8.94. The van der Waals surface area contributed by atoms with Gasteiger partial charge in [-0.25, -0.2) is 0 Å². The molecule has 0 aliphatic heterocycles. The number of hydrogen-bond donors (Lipinski definition) is 0.